The van der Waals surface area contributed by atoms with Crippen molar-refractivity contribution in [1.82, 2.24) is 5.32 Å². The molecule has 130 valence electrons. The molecule has 3 aromatic carbocycles. The number of ether oxygens (including phenoxy) is 2. The van der Waals surface area contributed by atoms with E-state index in [9.17, 15) is 4.79 Å². The molecule has 0 aliphatic carbocycles. The number of rotatable bonds is 4. The maximum atomic E-state index is 12.8. The van der Waals surface area contributed by atoms with Crippen molar-refractivity contribution in [2.45, 2.75) is 12.5 Å². The van der Waals surface area contributed by atoms with Gasteiger partial charge >= 0.3 is 0 Å². The van der Waals surface area contributed by atoms with E-state index >= 15 is 0 Å². The minimum Gasteiger partial charge on any atom is -0.496 e. The van der Waals surface area contributed by atoms with Crippen molar-refractivity contribution in [1.29, 1.82) is 0 Å². The largest absolute Gasteiger partial charge is 0.496 e. The Bertz CT molecular complexity index is 906. The number of fused-ring (bicyclic) bond motifs is 2. The van der Waals surface area contributed by atoms with Crippen LogP contribution in [0.2, 0.25) is 0 Å². The van der Waals surface area contributed by atoms with Crippen LogP contribution >= 0.6 is 0 Å². The van der Waals surface area contributed by atoms with Gasteiger partial charge in [0.2, 0.25) is 5.91 Å². The van der Waals surface area contributed by atoms with Crippen LogP contribution < -0.4 is 14.8 Å². The molecule has 3 aromatic rings. The van der Waals surface area contributed by atoms with Crippen molar-refractivity contribution in [3.05, 3.63) is 89.5 Å². The highest BCUT2D eigenvalue weighted by Gasteiger charge is 2.28. The number of carbonyl (C=O) groups excluding carboxylic acids is 1. The maximum Gasteiger partial charge on any atom is 0.225 e. The summed E-state index contributed by atoms with van der Waals surface area (Å²) in [6, 6.07) is 22.9. The third kappa shape index (κ3) is 3.02. The van der Waals surface area contributed by atoms with E-state index in [0.29, 0.717) is 0 Å². The molecule has 1 amide bonds. The van der Waals surface area contributed by atoms with Gasteiger partial charge in [0.25, 0.3) is 0 Å². The Labute approximate surface area is 152 Å². The van der Waals surface area contributed by atoms with E-state index in [4.69, 9.17) is 9.47 Å². The number of hydrogen-bond donors (Lipinski definition) is 1. The number of carbonyl (C=O) groups is 1. The zero-order valence-corrected chi connectivity index (χ0v) is 14.4. The van der Waals surface area contributed by atoms with Gasteiger partial charge in [0.15, 0.2) is 0 Å². The van der Waals surface area contributed by atoms with Gasteiger partial charge in [0.1, 0.15) is 17.2 Å². The molecular formula is C22H19NO3. The molecule has 4 rings (SSSR count). The Balaban J connectivity index is 1.63. The number of nitrogens with one attached hydrogen (secondary N) is 1. The molecule has 0 bridgehead atoms. The monoisotopic (exact) mass is 345 g/mol. The number of amides is 1. The SMILES string of the molecule is COc1ccccc1CC(=O)NC1c2ccccc2Oc2ccccc21. The van der Waals surface area contributed by atoms with Crippen LogP contribution in [0.1, 0.15) is 22.7 Å². The van der Waals surface area contributed by atoms with E-state index in [-0.39, 0.29) is 18.4 Å². The second-order valence-corrected chi connectivity index (χ2v) is 6.17. The van der Waals surface area contributed by atoms with Crippen LogP contribution in [0.15, 0.2) is 72.8 Å². The van der Waals surface area contributed by atoms with Crippen molar-refractivity contribution < 1.29 is 14.3 Å². The first-order valence-corrected chi connectivity index (χ1v) is 8.53. The highest BCUT2D eigenvalue weighted by Crippen LogP contribution is 2.42. The molecule has 26 heavy (non-hydrogen) atoms. The first kappa shape index (κ1) is 16.2. The second-order valence-electron chi connectivity index (χ2n) is 6.17. The molecule has 0 saturated carbocycles. The van der Waals surface area contributed by atoms with E-state index in [1.807, 2.05) is 72.8 Å². The van der Waals surface area contributed by atoms with E-state index in [0.717, 1.165) is 33.9 Å². The van der Waals surface area contributed by atoms with Crippen molar-refractivity contribution in [3.8, 4) is 17.2 Å². The standard InChI is InChI=1S/C22H19NO3/c1-25-18-11-5-2-8-15(18)14-21(24)23-22-16-9-3-6-12-19(16)26-20-13-7-4-10-17(20)22/h2-13,22H,14H2,1H3,(H,23,24). The highest BCUT2D eigenvalue weighted by atomic mass is 16.5. The van der Waals surface area contributed by atoms with Gasteiger partial charge in [-0.15, -0.1) is 0 Å². The molecule has 0 radical (unpaired) electrons. The van der Waals surface area contributed by atoms with Gasteiger partial charge in [0.05, 0.1) is 19.6 Å². The first-order valence-electron chi connectivity index (χ1n) is 8.53. The van der Waals surface area contributed by atoms with Gasteiger partial charge in [-0.05, 0) is 18.2 Å². The van der Waals surface area contributed by atoms with Gasteiger partial charge in [0, 0.05) is 16.7 Å². The minimum absolute atomic E-state index is 0.0639. The van der Waals surface area contributed by atoms with Gasteiger partial charge in [-0.25, -0.2) is 0 Å². The van der Waals surface area contributed by atoms with Crippen molar-refractivity contribution in [2.24, 2.45) is 0 Å². The Morgan fingerprint density at radius 1 is 0.923 bits per heavy atom. The van der Waals surface area contributed by atoms with Crippen LogP contribution in [0.4, 0.5) is 0 Å². The smallest absolute Gasteiger partial charge is 0.225 e. The van der Waals surface area contributed by atoms with Crippen LogP contribution in [0, 0.1) is 0 Å². The lowest BCUT2D eigenvalue weighted by molar-refractivity contribution is -0.121. The van der Waals surface area contributed by atoms with Crippen molar-refractivity contribution in [3.63, 3.8) is 0 Å². The Morgan fingerprint density at radius 2 is 1.50 bits per heavy atom. The molecule has 1 N–H and O–H groups in total. The molecular weight excluding hydrogens is 326 g/mol. The molecule has 0 spiro atoms. The number of hydrogen-bond acceptors (Lipinski definition) is 3. The van der Waals surface area contributed by atoms with Crippen LogP contribution in [-0.4, -0.2) is 13.0 Å². The Hall–Kier alpha value is -3.27. The molecule has 0 fully saturated rings. The molecule has 0 unspecified atom stereocenters. The molecule has 1 aliphatic rings. The van der Waals surface area contributed by atoms with Gasteiger partial charge in [-0.3, -0.25) is 4.79 Å². The summed E-state index contributed by atoms with van der Waals surface area (Å²) in [7, 11) is 1.61. The van der Waals surface area contributed by atoms with E-state index in [2.05, 4.69) is 5.32 Å². The highest BCUT2D eigenvalue weighted by molar-refractivity contribution is 5.80. The summed E-state index contributed by atoms with van der Waals surface area (Å²) in [5.41, 5.74) is 2.78. The molecule has 0 saturated heterocycles. The maximum absolute atomic E-state index is 12.8. The first-order chi connectivity index (χ1) is 12.8. The van der Waals surface area contributed by atoms with Crippen LogP contribution in [0.25, 0.3) is 0 Å². The fraction of sp³-hybridized carbons (Fsp3) is 0.136. The lowest BCUT2D eigenvalue weighted by Crippen LogP contribution is -2.32. The van der Waals surface area contributed by atoms with Crippen LogP contribution in [-0.2, 0) is 11.2 Å². The number of para-hydroxylation sites is 3. The van der Waals surface area contributed by atoms with Gasteiger partial charge in [-0.2, -0.15) is 0 Å². The van der Waals surface area contributed by atoms with Crippen molar-refractivity contribution in [2.75, 3.05) is 7.11 Å². The summed E-state index contributed by atoms with van der Waals surface area (Å²) >= 11 is 0. The van der Waals surface area contributed by atoms with Crippen LogP contribution in [0.5, 0.6) is 17.2 Å². The quantitative estimate of drug-likeness (QED) is 0.769. The minimum atomic E-state index is -0.238. The third-order valence-electron chi connectivity index (χ3n) is 4.53. The number of benzene rings is 3. The molecule has 4 nitrogen and oxygen atoms in total. The Morgan fingerprint density at radius 3 is 2.15 bits per heavy atom. The summed E-state index contributed by atoms with van der Waals surface area (Å²) in [6.45, 7) is 0. The van der Waals surface area contributed by atoms with E-state index < -0.39 is 0 Å². The summed E-state index contributed by atoms with van der Waals surface area (Å²) < 4.78 is 11.3. The average Bonchev–Trinajstić information content (AvgIpc) is 2.68. The lowest BCUT2D eigenvalue weighted by atomic mass is 9.94. The average molecular weight is 345 g/mol. The van der Waals surface area contributed by atoms with Crippen molar-refractivity contribution >= 4 is 5.91 Å². The zero-order valence-electron chi connectivity index (χ0n) is 14.4. The third-order valence-corrected chi connectivity index (χ3v) is 4.53. The molecule has 1 aliphatic heterocycles. The fourth-order valence-corrected chi connectivity index (χ4v) is 3.30. The zero-order chi connectivity index (χ0) is 17.9. The second kappa shape index (κ2) is 6.92. The predicted octanol–water partition coefficient (Wildman–Crippen LogP) is 4.25. The molecule has 0 aromatic heterocycles. The van der Waals surface area contributed by atoms with Crippen LogP contribution in [0.3, 0.4) is 0 Å². The molecule has 4 heteroatoms. The van der Waals surface area contributed by atoms with E-state index in [1.165, 1.54) is 0 Å². The fourth-order valence-electron chi connectivity index (χ4n) is 3.30. The van der Waals surface area contributed by atoms with Gasteiger partial charge in [-0.1, -0.05) is 54.6 Å². The summed E-state index contributed by atoms with van der Waals surface area (Å²) in [5.74, 6) is 2.20. The normalized spacial score (nSPS) is 12.5. The molecule has 0 atom stereocenters. The van der Waals surface area contributed by atoms with Gasteiger partial charge < -0.3 is 14.8 Å². The predicted molar refractivity (Wildman–Crippen MR) is 99.6 cm³/mol. The molecule has 1 heterocycles. The summed E-state index contributed by atoms with van der Waals surface area (Å²) in [4.78, 5) is 12.8. The lowest BCUT2D eigenvalue weighted by Gasteiger charge is -2.28. The summed E-state index contributed by atoms with van der Waals surface area (Å²) in [6.07, 6.45) is 0.256. The Kier molecular flexibility index (Phi) is 4.32. The van der Waals surface area contributed by atoms with E-state index in [1.54, 1.807) is 7.11 Å². The number of methoxy groups -OCH3 is 1. The topological polar surface area (TPSA) is 47.6 Å². The summed E-state index contributed by atoms with van der Waals surface area (Å²) in [5, 5.41) is 3.16.